The predicted octanol–water partition coefficient (Wildman–Crippen LogP) is 0.972. The minimum Gasteiger partial charge on any atom is -0.516 e. The monoisotopic (exact) mass is 206 g/mol. The molecule has 0 unspecified atom stereocenters. The van der Waals surface area contributed by atoms with Crippen molar-refractivity contribution < 1.29 is 20.4 Å². The molecule has 86 valence electrons. The van der Waals surface area contributed by atoms with E-state index < -0.39 is 0 Å². The minimum atomic E-state index is 0.108. The van der Waals surface area contributed by atoms with Gasteiger partial charge in [0.05, 0.1) is 6.26 Å². The van der Waals surface area contributed by atoms with E-state index in [0.29, 0.717) is 6.42 Å². The first-order valence-corrected chi connectivity index (χ1v) is 4.95. The number of rotatable bonds is 7. The first-order chi connectivity index (χ1) is 6.83. The van der Waals surface area contributed by atoms with Crippen LogP contribution < -0.4 is 0 Å². The Labute approximate surface area is 85.5 Å². The van der Waals surface area contributed by atoms with Gasteiger partial charge in [-0.3, -0.25) is 0 Å². The average Bonchev–Trinajstić information content (AvgIpc) is 2.22. The summed E-state index contributed by atoms with van der Waals surface area (Å²) < 4.78 is 0. The van der Waals surface area contributed by atoms with Crippen LogP contribution >= 0.6 is 0 Å². The van der Waals surface area contributed by atoms with E-state index in [1.807, 2.05) is 0 Å². The van der Waals surface area contributed by atoms with Crippen molar-refractivity contribution in [2.45, 2.75) is 32.1 Å². The molecule has 0 heterocycles. The minimum absolute atomic E-state index is 0.108. The highest BCUT2D eigenvalue weighted by molar-refractivity contribution is 4.69. The molecule has 0 radical (unpaired) electrons. The number of unbranched alkanes of at least 4 members (excludes halogenated alkanes) is 3. The van der Waals surface area contributed by atoms with Gasteiger partial charge in [-0.15, -0.1) is 0 Å². The summed E-state index contributed by atoms with van der Waals surface area (Å²) in [6, 6.07) is 0. The molecule has 0 aromatic rings. The van der Waals surface area contributed by atoms with Crippen LogP contribution in [0.2, 0.25) is 0 Å². The molecule has 4 nitrogen and oxygen atoms in total. The SMILES string of the molecule is OC=CCCO.OCCCCCCO. The number of hydrogen-bond acceptors (Lipinski definition) is 4. The highest BCUT2D eigenvalue weighted by Gasteiger charge is 1.84. The fourth-order valence-corrected chi connectivity index (χ4v) is 0.726. The zero-order valence-electron chi connectivity index (χ0n) is 8.60. The molecule has 0 spiro atoms. The standard InChI is InChI=1S/C6H14O2.C4H8O2/c7-5-3-1-2-4-6-8;5-3-1-2-4-6/h7-8H,1-6H2;1,3,5-6H,2,4H2. The summed E-state index contributed by atoms with van der Waals surface area (Å²) in [6.07, 6.45) is 6.78. The normalized spacial score (nSPS) is 9.93. The van der Waals surface area contributed by atoms with Crippen LogP contribution in [0, 0.1) is 0 Å². The van der Waals surface area contributed by atoms with Crippen LogP contribution in [0.4, 0.5) is 0 Å². The quantitative estimate of drug-likeness (QED) is 0.369. The maximum Gasteiger partial charge on any atom is 0.0752 e. The Balaban J connectivity index is 0. The zero-order chi connectivity index (χ0) is 11.1. The van der Waals surface area contributed by atoms with Crippen LogP contribution in [0.5, 0.6) is 0 Å². The second kappa shape index (κ2) is 18.3. The molecule has 0 rings (SSSR count). The smallest absolute Gasteiger partial charge is 0.0752 e. The van der Waals surface area contributed by atoms with Crippen LogP contribution in [0.3, 0.4) is 0 Å². The van der Waals surface area contributed by atoms with Gasteiger partial charge in [0.2, 0.25) is 0 Å². The Bertz CT molecular complexity index is 98.3. The van der Waals surface area contributed by atoms with Crippen molar-refractivity contribution in [3.8, 4) is 0 Å². The molecule has 0 atom stereocenters. The van der Waals surface area contributed by atoms with Gasteiger partial charge in [-0.1, -0.05) is 12.8 Å². The maximum atomic E-state index is 8.30. The Morgan fingerprint density at radius 2 is 1.21 bits per heavy atom. The molecular formula is C10H22O4. The molecule has 0 aliphatic rings. The molecule has 0 fully saturated rings. The van der Waals surface area contributed by atoms with Gasteiger partial charge < -0.3 is 20.4 Å². The summed E-state index contributed by atoms with van der Waals surface area (Å²) in [7, 11) is 0. The highest BCUT2D eigenvalue weighted by Crippen LogP contribution is 1.96. The molecule has 0 aromatic heterocycles. The van der Waals surface area contributed by atoms with Crippen molar-refractivity contribution in [1.29, 1.82) is 0 Å². The Kier molecular flexibility index (Phi) is 20.7. The fourth-order valence-electron chi connectivity index (χ4n) is 0.726. The Hall–Kier alpha value is -0.580. The molecule has 0 aromatic carbocycles. The topological polar surface area (TPSA) is 80.9 Å². The molecule has 4 N–H and O–H groups in total. The molecule has 0 saturated carbocycles. The summed E-state index contributed by atoms with van der Waals surface area (Å²) >= 11 is 0. The summed E-state index contributed by atoms with van der Waals surface area (Å²) in [5, 5.41) is 32.5. The van der Waals surface area contributed by atoms with Crippen molar-refractivity contribution in [2.75, 3.05) is 19.8 Å². The van der Waals surface area contributed by atoms with E-state index in [2.05, 4.69) is 0 Å². The van der Waals surface area contributed by atoms with Crippen molar-refractivity contribution in [2.24, 2.45) is 0 Å². The van der Waals surface area contributed by atoms with E-state index in [9.17, 15) is 0 Å². The van der Waals surface area contributed by atoms with Crippen molar-refractivity contribution in [1.82, 2.24) is 0 Å². The van der Waals surface area contributed by atoms with Gasteiger partial charge in [0, 0.05) is 19.8 Å². The third-order valence-corrected chi connectivity index (χ3v) is 1.47. The lowest BCUT2D eigenvalue weighted by molar-refractivity contribution is 0.265. The third kappa shape index (κ3) is 22.5. The maximum absolute atomic E-state index is 8.30. The van der Waals surface area contributed by atoms with Gasteiger partial charge >= 0.3 is 0 Å². The van der Waals surface area contributed by atoms with Gasteiger partial charge in [-0.2, -0.15) is 0 Å². The van der Waals surface area contributed by atoms with Crippen LogP contribution in [-0.4, -0.2) is 40.2 Å². The molecule has 0 saturated heterocycles. The van der Waals surface area contributed by atoms with E-state index in [4.69, 9.17) is 20.4 Å². The van der Waals surface area contributed by atoms with Crippen LogP contribution in [0.25, 0.3) is 0 Å². The fraction of sp³-hybridized carbons (Fsp3) is 0.800. The van der Waals surface area contributed by atoms with Crippen LogP contribution in [0.1, 0.15) is 32.1 Å². The zero-order valence-corrected chi connectivity index (χ0v) is 8.60. The lowest BCUT2D eigenvalue weighted by atomic mass is 10.2. The molecule has 0 amide bonds. The number of aliphatic hydroxyl groups excluding tert-OH is 4. The van der Waals surface area contributed by atoms with E-state index in [-0.39, 0.29) is 19.8 Å². The van der Waals surface area contributed by atoms with E-state index in [0.717, 1.165) is 31.9 Å². The first kappa shape index (κ1) is 15.9. The van der Waals surface area contributed by atoms with E-state index in [1.54, 1.807) is 0 Å². The summed E-state index contributed by atoms with van der Waals surface area (Å²) in [4.78, 5) is 0. The number of hydrogen-bond donors (Lipinski definition) is 4. The van der Waals surface area contributed by atoms with E-state index in [1.165, 1.54) is 6.08 Å². The van der Waals surface area contributed by atoms with Crippen molar-refractivity contribution >= 4 is 0 Å². The van der Waals surface area contributed by atoms with E-state index >= 15 is 0 Å². The summed E-state index contributed by atoms with van der Waals surface area (Å²) in [6.45, 7) is 0.675. The number of aliphatic hydroxyl groups is 4. The van der Waals surface area contributed by atoms with Crippen molar-refractivity contribution in [3.63, 3.8) is 0 Å². The highest BCUT2D eigenvalue weighted by atomic mass is 16.3. The second-order valence-electron chi connectivity index (χ2n) is 2.76. The first-order valence-electron chi connectivity index (χ1n) is 4.95. The largest absolute Gasteiger partial charge is 0.516 e. The third-order valence-electron chi connectivity index (χ3n) is 1.47. The van der Waals surface area contributed by atoms with Gasteiger partial charge in [0.25, 0.3) is 0 Å². The molecule has 0 aliphatic carbocycles. The predicted molar refractivity (Wildman–Crippen MR) is 56.1 cm³/mol. The molecule has 0 bridgehead atoms. The van der Waals surface area contributed by atoms with Crippen molar-refractivity contribution in [3.05, 3.63) is 12.3 Å². The van der Waals surface area contributed by atoms with Gasteiger partial charge in [-0.25, -0.2) is 0 Å². The lowest BCUT2D eigenvalue weighted by Crippen LogP contribution is -1.85. The van der Waals surface area contributed by atoms with Gasteiger partial charge in [0.1, 0.15) is 0 Å². The van der Waals surface area contributed by atoms with Gasteiger partial charge in [-0.05, 0) is 25.3 Å². The van der Waals surface area contributed by atoms with Crippen LogP contribution in [-0.2, 0) is 0 Å². The van der Waals surface area contributed by atoms with Crippen LogP contribution in [0.15, 0.2) is 12.3 Å². The molecule has 0 aliphatic heterocycles. The van der Waals surface area contributed by atoms with Gasteiger partial charge in [0.15, 0.2) is 0 Å². The molecule has 14 heavy (non-hydrogen) atoms. The molecular weight excluding hydrogens is 184 g/mol. The lowest BCUT2D eigenvalue weighted by Gasteiger charge is -1.93. The Morgan fingerprint density at radius 1 is 0.714 bits per heavy atom. The Morgan fingerprint density at radius 3 is 1.43 bits per heavy atom. The summed E-state index contributed by atoms with van der Waals surface area (Å²) in [5.74, 6) is 0. The average molecular weight is 206 g/mol. The molecule has 4 heteroatoms. The summed E-state index contributed by atoms with van der Waals surface area (Å²) in [5.41, 5.74) is 0. The second-order valence-corrected chi connectivity index (χ2v) is 2.76.